The van der Waals surface area contributed by atoms with Gasteiger partial charge in [-0.05, 0) is 22.6 Å². The lowest BCUT2D eigenvalue weighted by molar-refractivity contribution is 0.322. The molecule has 0 saturated heterocycles. The summed E-state index contributed by atoms with van der Waals surface area (Å²) in [5.41, 5.74) is 2.15. The number of oxime groups is 1. The molecule has 0 amide bonds. The molecule has 78 valence electrons. The van der Waals surface area contributed by atoms with Crippen LogP contribution in [0.4, 0.5) is 0 Å². The maximum Gasteiger partial charge on any atom is 0.188 e. The Morgan fingerprint density at radius 1 is 1.31 bits per heavy atom. The third-order valence-electron chi connectivity index (χ3n) is 2.40. The van der Waals surface area contributed by atoms with E-state index in [2.05, 4.69) is 20.7 Å². The standard InChI is InChI=1S/C10H7N5O/c16-11-6-8-5-7-3-1-2-4-9(7)15-10(8)12-13-14-15/h1-6,16H/b11-6+. The molecular weight excluding hydrogens is 206 g/mol. The van der Waals surface area contributed by atoms with Gasteiger partial charge in [-0.3, -0.25) is 0 Å². The van der Waals surface area contributed by atoms with Gasteiger partial charge in [0, 0.05) is 10.9 Å². The normalized spacial score (nSPS) is 11.8. The molecular formula is C10H7N5O. The van der Waals surface area contributed by atoms with E-state index in [0.29, 0.717) is 11.2 Å². The number of hydrogen-bond acceptors (Lipinski definition) is 5. The predicted octanol–water partition coefficient (Wildman–Crippen LogP) is 1.09. The van der Waals surface area contributed by atoms with Crippen LogP contribution in [0.15, 0.2) is 35.5 Å². The van der Waals surface area contributed by atoms with Crippen LogP contribution in [0.2, 0.25) is 0 Å². The minimum atomic E-state index is 0.566. The minimum Gasteiger partial charge on any atom is -0.411 e. The summed E-state index contributed by atoms with van der Waals surface area (Å²) in [6.45, 7) is 0. The van der Waals surface area contributed by atoms with Crippen LogP contribution >= 0.6 is 0 Å². The molecule has 0 aliphatic rings. The van der Waals surface area contributed by atoms with Gasteiger partial charge in [-0.2, -0.15) is 4.52 Å². The van der Waals surface area contributed by atoms with Crippen LogP contribution in [-0.4, -0.2) is 31.5 Å². The van der Waals surface area contributed by atoms with E-state index in [1.807, 2.05) is 30.3 Å². The maximum atomic E-state index is 8.58. The van der Waals surface area contributed by atoms with E-state index in [1.54, 1.807) is 4.52 Å². The van der Waals surface area contributed by atoms with E-state index in [-0.39, 0.29) is 0 Å². The average molecular weight is 213 g/mol. The summed E-state index contributed by atoms with van der Waals surface area (Å²) >= 11 is 0. The quantitative estimate of drug-likeness (QED) is 0.373. The van der Waals surface area contributed by atoms with Gasteiger partial charge in [0.15, 0.2) is 5.65 Å². The molecule has 0 radical (unpaired) electrons. The van der Waals surface area contributed by atoms with Crippen molar-refractivity contribution in [3.63, 3.8) is 0 Å². The highest BCUT2D eigenvalue weighted by Gasteiger charge is 2.07. The van der Waals surface area contributed by atoms with Crippen molar-refractivity contribution in [3.8, 4) is 0 Å². The summed E-state index contributed by atoms with van der Waals surface area (Å²) in [5, 5.41) is 24.0. The number of benzene rings is 1. The van der Waals surface area contributed by atoms with Crippen molar-refractivity contribution in [3.05, 3.63) is 35.9 Å². The van der Waals surface area contributed by atoms with Gasteiger partial charge < -0.3 is 5.21 Å². The van der Waals surface area contributed by atoms with Gasteiger partial charge in [0.2, 0.25) is 0 Å². The van der Waals surface area contributed by atoms with Crippen LogP contribution < -0.4 is 0 Å². The number of aromatic nitrogens is 4. The van der Waals surface area contributed by atoms with Crippen LogP contribution in [0.3, 0.4) is 0 Å². The van der Waals surface area contributed by atoms with Gasteiger partial charge in [0.1, 0.15) is 0 Å². The van der Waals surface area contributed by atoms with Crippen LogP contribution in [0.5, 0.6) is 0 Å². The Morgan fingerprint density at radius 3 is 3.06 bits per heavy atom. The van der Waals surface area contributed by atoms with Crippen LogP contribution in [0, 0.1) is 0 Å². The lowest BCUT2D eigenvalue weighted by Crippen LogP contribution is -1.95. The van der Waals surface area contributed by atoms with Gasteiger partial charge in [-0.15, -0.1) is 5.10 Å². The molecule has 6 nitrogen and oxygen atoms in total. The van der Waals surface area contributed by atoms with Crippen molar-refractivity contribution >= 4 is 22.8 Å². The molecule has 0 saturated carbocycles. The molecule has 0 unspecified atom stereocenters. The highest BCUT2D eigenvalue weighted by molar-refractivity contribution is 5.94. The smallest absolute Gasteiger partial charge is 0.188 e. The van der Waals surface area contributed by atoms with Crippen LogP contribution in [-0.2, 0) is 0 Å². The first-order valence-corrected chi connectivity index (χ1v) is 4.67. The molecule has 0 spiro atoms. The monoisotopic (exact) mass is 213 g/mol. The molecule has 2 heterocycles. The van der Waals surface area contributed by atoms with Crippen molar-refractivity contribution in [2.24, 2.45) is 5.16 Å². The van der Waals surface area contributed by atoms with E-state index >= 15 is 0 Å². The second-order valence-corrected chi connectivity index (χ2v) is 3.32. The Bertz CT molecular complexity index is 688. The largest absolute Gasteiger partial charge is 0.411 e. The Balaban J connectivity index is 2.53. The van der Waals surface area contributed by atoms with Crippen LogP contribution in [0.25, 0.3) is 16.6 Å². The molecule has 16 heavy (non-hydrogen) atoms. The molecule has 6 heteroatoms. The van der Waals surface area contributed by atoms with Gasteiger partial charge >= 0.3 is 0 Å². The molecule has 0 atom stereocenters. The maximum absolute atomic E-state index is 8.58. The number of fused-ring (bicyclic) bond motifs is 3. The van der Waals surface area contributed by atoms with Crippen molar-refractivity contribution in [1.82, 2.24) is 20.0 Å². The number of nitrogens with zero attached hydrogens (tertiary/aromatic N) is 5. The molecule has 0 aliphatic carbocycles. The molecule has 3 aromatic rings. The zero-order valence-electron chi connectivity index (χ0n) is 8.15. The van der Waals surface area contributed by atoms with Crippen LogP contribution in [0.1, 0.15) is 5.56 Å². The fraction of sp³-hybridized carbons (Fsp3) is 0. The molecule has 1 aromatic carbocycles. The lowest BCUT2D eigenvalue weighted by atomic mass is 10.1. The SMILES string of the molecule is O/N=C/c1cc2ccccc2n2nnnc12. The molecule has 0 bridgehead atoms. The third-order valence-corrected chi connectivity index (χ3v) is 2.40. The zero-order valence-corrected chi connectivity index (χ0v) is 8.15. The first-order valence-electron chi connectivity index (χ1n) is 4.67. The summed E-state index contributed by atoms with van der Waals surface area (Å²) in [7, 11) is 0. The second-order valence-electron chi connectivity index (χ2n) is 3.32. The Hall–Kier alpha value is -2.50. The third kappa shape index (κ3) is 1.13. The van der Waals surface area contributed by atoms with Gasteiger partial charge in [0.25, 0.3) is 0 Å². The van der Waals surface area contributed by atoms with Crippen molar-refractivity contribution < 1.29 is 5.21 Å². The van der Waals surface area contributed by atoms with Crippen molar-refractivity contribution in [2.45, 2.75) is 0 Å². The molecule has 3 rings (SSSR count). The van der Waals surface area contributed by atoms with Crippen molar-refractivity contribution in [1.29, 1.82) is 0 Å². The first-order chi connectivity index (χ1) is 7.90. The fourth-order valence-electron chi connectivity index (χ4n) is 1.72. The molecule has 2 aromatic heterocycles. The fourth-order valence-corrected chi connectivity index (χ4v) is 1.72. The van der Waals surface area contributed by atoms with Gasteiger partial charge in [0.05, 0.1) is 11.7 Å². The van der Waals surface area contributed by atoms with E-state index in [1.165, 1.54) is 6.21 Å². The lowest BCUT2D eigenvalue weighted by Gasteiger charge is -2.01. The highest BCUT2D eigenvalue weighted by Crippen LogP contribution is 2.17. The van der Waals surface area contributed by atoms with Crippen molar-refractivity contribution in [2.75, 3.05) is 0 Å². The molecule has 1 N–H and O–H groups in total. The van der Waals surface area contributed by atoms with E-state index in [0.717, 1.165) is 10.9 Å². The number of para-hydroxylation sites is 1. The summed E-state index contributed by atoms with van der Waals surface area (Å²) in [4.78, 5) is 0. The minimum absolute atomic E-state index is 0.566. The number of tetrazole rings is 1. The van der Waals surface area contributed by atoms with E-state index < -0.39 is 0 Å². The zero-order chi connectivity index (χ0) is 11.0. The summed E-state index contributed by atoms with van der Waals surface area (Å²) < 4.78 is 1.62. The van der Waals surface area contributed by atoms with Gasteiger partial charge in [-0.25, -0.2) is 0 Å². The van der Waals surface area contributed by atoms with E-state index in [4.69, 9.17) is 5.21 Å². The summed E-state index contributed by atoms with van der Waals surface area (Å²) in [6.07, 6.45) is 1.32. The average Bonchev–Trinajstić information content (AvgIpc) is 2.79. The summed E-state index contributed by atoms with van der Waals surface area (Å²) in [6, 6.07) is 9.60. The number of rotatable bonds is 1. The topological polar surface area (TPSA) is 75.7 Å². The highest BCUT2D eigenvalue weighted by atomic mass is 16.4. The van der Waals surface area contributed by atoms with Gasteiger partial charge in [-0.1, -0.05) is 23.4 Å². The first kappa shape index (κ1) is 8.78. The second kappa shape index (κ2) is 3.27. The Kier molecular flexibility index (Phi) is 1.79. The molecule has 0 fully saturated rings. The summed E-state index contributed by atoms with van der Waals surface area (Å²) in [5.74, 6) is 0. The number of pyridine rings is 1. The molecule has 0 aliphatic heterocycles. The van der Waals surface area contributed by atoms with E-state index in [9.17, 15) is 0 Å². The Morgan fingerprint density at radius 2 is 2.19 bits per heavy atom. The predicted molar refractivity (Wildman–Crippen MR) is 57.7 cm³/mol. The Labute approximate surface area is 89.8 Å². The number of hydrogen-bond donors (Lipinski definition) is 1.